The number of amides is 1. The van der Waals surface area contributed by atoms with Gasteiger partial charge < -0.3 is 0 Å². The van der Waals surface area contributed by atoms with E-state index in [2.05, 4.69) is 48.4 Å². The Labute approximate surface area is 187 Å². The number of carbonyl (C=O) groups excluding carboxylic acids is 1. The Bertz CT molecular complexity index is 893. The van der Waals surface area contributed by atoms with Crippen LogP contribution in [0.25, 0.3) is 0 Å². The number of pyridine rings is 1. The maximum absolute atomic E-state index is 12.4. The fourth-order valence-corrected chi connectivity index (χ4v) is 8.31. The van der Waals surface area contributed by atoms with Crippen LogP contribution in [0, 0.1) is 40.4 Å². The van der Waals surface area contributed by atoms with E-state index < -0.39 is 0 Å². The lowest BCUT2D eigenvalue weighted by atomic mass is 9.45. The zero-order valence-corrected chi connectivity index (χ0v) is 19.3. The molecule has 4 aliphatic rings. The van der Waals surface area contributed by atoms with Gasteiger partial charge in [-0.1, -0.05) is 26.0 Å². The van der Waals surface area contributed by atoms with Gasteiger partial charge in [-0.2, -0.15) is 5.10 Å². The molecule has 166 valence electrons. The molecule has 31 heavy (non-hydrogen) atoms. The van der Waals surface area contributed by atoms with Crippen LogP contribution < -0.4 is 5.43 Å². The van der Waals surface area contributed by atoms with Gasteiger partial charge in [0.15, 0.2) is 0 Å². The van der Waals surface area contributed by atoms with Gasteiger partial charge in [0, 0.05) is 29.6 Å². The van der Waals surface area contributed by atoms with Crippen LogP contribution in [0.5, 0.6) is 0 Å². The molecule has 7 atom stereocenters. The molecule has 1 amide bonds. The highest BCUT2D eigenvalue weighted by molar-refractivity contribution is 5.95. The number of fused-ring (bicyclic) bond motifs is 5. The molecule has 4 heteroatoms. The third kappa shape index (κ3) is 3.37. The molecule has 3 saturated carbocycles. The number of nitrogens with one attached hydrogen (secondary N) is 1. The summed E-state index contributed by atoms with van der Waals surface area (Å²) in [6.45, 7) is 7.26. The summed E-state index contributed by atoms with van der Waals surface area (Å²) in [7, 11) is 0. The largest absolute Gasteiger partial charge is 0.271 e. The van der Waals surface area contributed by atoms with E-state index in [0.717, 1.165) is 29.4 Å². The summed E-state index contributed by atoms with van der Waals surface area (Å²) in [6, 6.07) is 3.46. The van der Waals surface area contributed by atoms with Crippen molar-refractivity contribution < 1.29 is 4.79 Å². The molecule has 7 unspecified atom stereocenters. The fraction of sp³-hybridized carbons (Fsp3) is 0.667. The number of hydrogen-bond acceptors (Lipinski definition) is 3. The molecule has 0 radical (unpaired) electrons. The predicted molar refractivity (Wildman–Crippen MR) is 125 cm³/mol. The van der Waals surface area contributed by atoms with Crippen molar-refractivity contribution in [3.8, 4) is 0 Å². The smallest absolute Gasteiger partial charge is 0.267 e. The van der Waals surface area contributed by atoms with Gasteiger partial charge >= 0.3 is 0 Å². The molecule has 0 bridgehead atoms. The Kier molecular flexibility index (Phi) is 5.30. The topological polar surface area (TPSA) is 54.4 Å². The predicted octanol–water partition coefficient (Wildman–Crippen LogP) is 6.01. The molecule has 0 spiro atoms. The average Bonchev–Trinajstić information content (AvgIpc) is 3.14. The summed E-state index contributed by atoms with van der Waals surface area (Å²) in [5.74, 6) is 3.79. The van der Waals surface area contributed by atoms with E-state index in [-0.39, 0.29) is 5.91 Å². The second-order valence-corrected chi connectivity index (χ2v) is 11.2. The van der Waals surface area contributed by atoms with Gasteiger partial charge in [-0.25, -0.2) is 5.43 Å². The average molecular weight is 420 g/mol. The van der Waals surface area contributed by atoms with Crippen molar-refractivity contribution in [1.82, 2.24) is 10.4 Å². The van der Waals surface area contributed by atoms with E-state index in [0.29, 0.717) is 22.3 Å². The minimum Gasteiger partial charge on any atom is -0.267 e. The zero-order chi connectivity index (χ0) is 21.6. The third-order valence-electron chi connectivity index (χ3n) is 9.99. The SMILES string of the molecule is CC(=NNC(=O)c1ccncc1)C1CCC2C3CCC4CC=CCC4(C)C3CCC12C. The minimum absolute atomic E-state index is 0.151. The lowest BCUT2D eigenvalue weighted by Crippen LogP contribution is -2.52. The normalized spacial score (nSPS) is 41.8. The van der Waals surface area contributed by atoms with Crippen LogP contribution in [0.2, 0.25) is 0 Å². The van der Waals surface area contributed by atoms with E-state index in [4.69, 9.17) is 0 Å². The highest BCUT2D eigenvalue weighted by atomic mass is 16.2. The van der Waals surface area contributed by atoms with Crippen molar-refractivity contribution in [3.05, 3.63) is 42.2 Å². The molecule has 1 heterocycles. The van der Waals surface area contributed by atoms with Crippen molar-refractivity contribution in [2.24, 2.45) is 45.5 Å². The molecular formula is C27H37N3O. The van der Waals surface area contributed by atoms with Crippen molar-refractivity contribution in [2.75, 3.05) is 0 Å². The molecule has 0 aromatic carbocycles. The first-order valence-electron chi connectivity index (χ1n) is 12.3. The van der Waals surface area contributed by atoms with E-state index in [1.54, 1.807) is 24.5 Å². The number of hydrazone groups is 1. The Hall–Kier alpha value is -1.97. The molecule has 1 aromatic heterocycles. The summed E-state index contributed by atoms with van der Waals surface area (Å²) in [4.78, 5) is 16.4. The summed E-state index contributed by atoms with van der Waals surface area (Å²) >= 11 is 0. The maximum atomic E-state index is 12.4. The minimum atomic E-state index is -0.151. The standard InChI is InChI=1S/C27H37N3O/c1-18(29-30-25(31)19-12-16-28-17-13-19)22-9-10-23-21-8-7-20-6-4-5-14-26(20,2)24(21)11-15-27(22,23)3/h4-5,12-13,16-17,20-24H,6-11,14-15H2,1-3H3,(H,30,31). The quantitative estimate of drug-likeness (QED) is 0.370. The van der Waals surface area contributed by atoms with Gasteiger partial charge in [-0.15, -0.1) is 0 Å². The van der Waals surface area contributed by atoms with E-state index in [9.17, 15) is 4.79 Å². The maximum Gasteiger partial charge on any atom is 0.271 e. The number of carbonyl (C=O) groups is 1. The molecule has 4 aliphatic carbocycles. The zero-order valence-electron chi connectivity index (χ0n) is 19.3. The Morgan fingerprint density at radius 2 is 1.81 bits per heavy atom. The van der Waals surface area contributed by atoms with Crippen LogP contribution in [-0.2, 0) is 0 Å². The number of allylic oxidation sites excluding steroid dienone is 2. The summed E-state index contributed by atoms with van der Waals surface area (Å²) in [6.07, 6.45) is 18.8. The molecular weight excluding hydrogens is 382 g/mol. The Morgan fingerprint density at radius 3 is 2.61 bits per heavy atom. The van der Waals surface area contributed by atoms with Crippen LogP contribution in [-0.4, -0.2) is 16.6 Å². The third-order valence-corrected chi connectivity index (χ3v) is 9.99. The lowest BCUT2D eigenvalue weighted by Gasteiger charge is -2.59. The van der Waals surface area contributed by atoms with Gasteiger partial charge in [0.05, 0.1) is 0 Å². The molecule has 1 N–H and O–H groups in total. The van der Waals surface area contributed by atoms with Gasteiger partial charge in [0.2, 0.25) is 0 Å². The first-order chi connectivity index (χ1) is 14.9. The van der Waals surface area contributed by atoms with E-state index in [1.165, 1.54) is 51.4 Å². The molecule has 0 saturated heterocycles. The number of hydrogen-bond donors (Lipinski definition) is 1. The summed E-state index contributed by atoms with van der Waals surface area (Å²) in [5.41, 5.74) is 5.35. The Balaban J connectivity index is 1.32. The highest BCUT2D eigenvalue weighted by Crippen LogP contribution is 2.67. The molecule has 1 aromatic rings. The Morgan fingerprint density at radius 1 is 1.03 bits per heavy atom. The van der Waals surface area contributed by atoms with Crippen LogP contribution in [0.15, 0.2) is 41.8 Å². The molecule has 4 nitrogen and oxygen atoms in total. The second kappa shape index (κ2) is 7.86. The van der Waals surface area contributed by atoms with Gasteiger partial charge in [0.1, 0.15) is 0 Å². The summed E-state index contributed by atoms with van der Waals surface area (Å²) in [5, 5.41) is 4.59. The van der Waals surface area contributed by atoms with Crippen LogP contribution >= 0.6 is 0 Å². The highest BCUT2D eigenvalue weighted by Gasteiger charge is 2.59. The number of rotatable bonds is 3. The fourth-order valence-electron chi connectivity index (χ4n) is 8.31. The van der Waals surface area contributed by atoms with Crippen molar-refractivity contribution in [3.63, 3.8) is 0 Å². The first kappa shape index (κ1) is 20.9. The van der Waals surface area contributed by atoms with Crippen LogP contribution in [0.1, 0.15) is 82.5 Å². The number of aromatic nitrogens is 1. The second-order valence-electron chi connectivity index (χ2n) is 11.2. The van der Waals surface area contributed by atoms with Crippen LogP contribution in [0.3, 0.4) is 0 Å². The molecule has 3 fully saturated rings. The lowest BCUT2D eigenvalue weighted by molar-refractivity contribution is -0.0913. The van der Waals surface area contributed by atoms with Crippen molar-refractivity contribution in [1.29, 1.82) is 0 Å². The monoisotopic (exact) mass is 419 g/mol. The van der Waals surface area contributed by atoms with E-state index >= 15 is 0 Å². The number of nitrogens with zero attached hydrogens (tertiary/aromatic N) is 2. The van der Waals surface area contributed by atoms with Gasteiger partial charge in [-0.3, -0.25) is 9.78 Å². The van der Waals surface area contributed by atoms with Crippen LogP contribution in [0.4, 0.5) is 0 Å². The van der Waals surface area contributed by atoms with Crippen molar-refractivity contribution >= 4 is 11.6 Å². The van der Waals surface area contributed by atoms with Crippen molar-refractivity contribution in [2.45, 2.75) is 72.1 Å². The van der Waals surface area contributed by atoms with E-state index in [1.807, 2.05) is 0 Å². The summed E-state index contributed by atoms with van der Waals surface area (Å²) < 4.78 is 0. The molecule has 0 aliphatic heterocycles. The van der Waals surface area contributed by atoms with Gasteiger partial charge in [0.25, 0.3) is 5.91 Å². The molecule has 5 rings (SSSR count). The van der Waals surface area contributed by atoms with Gasteiger partial charge in [-0.05, 0) is 105 Å². The first-order valence-corrected chi connectivity index (χ1v) is 12.3.